The molecule has 0 saturated carbocycles. The third kappa shape index (κ3) is 7.46. The number of rotatable bonds is 10. The highest BCUT2D eigenvalue weighted by Crippen LogP contribution is 2.16. The molecule has 3 aromatic rings. The van der Waals surface area contributed by atoms with Gasteiger partial charge in [-0.2, -0.15) is 0 Å². The van der Waals surface area contributed by atoms with E-state index in [1.54, 1.807) is 6.92 Å². The van der Waals surface area contributed by atoms with Crippen molar-refractivity contribution in [1.29, 1.82) is 0 Å². The summed E-state index contributed by atoms with van der Waals surface area (Å²) in [6.45, 7) is 3.66. The Kier molecular flexibility index (Phi) is 8.73. The first-order valence-electron chi connectivity index (χ1n) is 11.2. The monoisotopic (exact) mass is 497 g/mol. The van der Waals surface area contributed by atoms with Crippen LogP contribution in [0.3, 0.4) is 0 Å². The lowest BCUT2D eigenvalue weighted by atomic mass is 10.0. The Morgan fingerprint density at radius 3 is 2.14 bits per heavy atom. The molecule has 2 atom stereocenters. The van der Waals surface area contributed by atoms with Crippen LogP contribution in [-0.4, -0.2) is 32.3 Å². The second kappa shape index (κ2) is 11.7. The number of nitrogens with one attached hydrogen (secondary N) is 3. The summed E-state index contributed by atoms with van der Waals surface area (Å²) >= 11 is 0. The first-order valence-corrected chi connectivity index (χ1v) is 12.7. The standard InChI is InChI=1S/C26H28FN3O4S/c1-3-18(2)30-35(33,34)23-15-13-22(14-16-23)28-26(32)24(17-19-7-5-4-6-8-19)29-25(31)20-9-11-21(27)12-10-20/h4-16,18,24,30H,3,17H2,1-2H3,(H,28,32)(H,29,31)/t18-,24+/m1/s1. The van der Waals surface area contributed by atoms with Crippen molar-refractivity contribution in [2.24, 2.45) is 0 Å². The van der Waals surface area contributed by atoms with Crippen LogP contribution >= 0.6 is 0 Å². The number of amides is 2. The van der Waals surface area contributed by atoms with Crippen molar-refractivity contribution in [2.75, 3.05) is 5.32 Å². The van der Waals surface area contributed by atoms with E-state index in [1.807, 2.05) is 37.3 Å². The van der Waals surface area contributed by atoms with Crippen LogP contribution in [0.5, 0.6) is 0 Å². The van der Waals surface area contributed by atoms with E-state index in [0.717, 1.165) is 5.56 Å². The third-order valence-electron chi connectivity index (χ3n) is 5.41. The average molecular weight is 498 g/mol. The number of sulfonamides is 1. The molecule has 0 fully saturated rings. The fraction of sp³-hybridized carbons (Fsp3) is 0.231. The highest BCUT2D eigenvalue weighted by atomic mass is 32.2. The van der Waals surface area contributed by atoms with Crippen LogP contribution in [0.4, 0.5) is 10.1 Å². The van der Waals surface area contributed by atoms with E-state index >= 15 is 0 Å². The van der Waals surface area contributed by atoms with Crippen LogP contribution in [0.15, 0.2) is 83.8 Å². The zero-order chi connectivity index (χ0) is 25.4. The molecule has 184 valence electrons. The van der Waals surface area contributed by atoms with Crippen molar-refractivity contribution in [2.45, 2.75) is 43.7 Å². The summed E-state index contributed by atoms with van der Waals surface area (Å²) < 4.78 is 40.7. The molecule has 0 aliphatic carbocycles. The number of carbonyl (C=O) groups excluding carboxylic acids is 2. The first-order chi connectivity index (χ1) is 16.7. The molecule has 2 amide bonds. The Morgan fingerprint density at radius 1 is 0.914 bits per heavy atom. The molecule has 0 saturated heterocycles. The Bertz CT molecular complexity index is 1250. The second-order valence-corrected chi connectivity index (χ2v) is 9.88. The molecular weight excluding hydrogens is 469 g/mol. The molecule has 0 aliphatic heterocycles. The summed E-state index contributed by atoms with van der Waals surface area (Å²) in [5.74, 6) is -1.46. The van der Waals surface area contributed by atoms with Gasteiger partial charge in [-0.1, -0.05) is 37.3 Å². The summed E-state index contributed by atoms with van der Waals surface area (Å²) in [5, 5.41) is 5.44. The molecule has 0 radical (unpaired) electrons. The van der Waals surface area contributed by atoms with Gasteiger partial charge >= 0.3 is 0 Å². The van der Waals surface area contributed by atoms with Gasteiger partial charge in [-0.15, -0.1) is 0 Å². The van der Waals surface area contributed by atoms with E-state index in [2.05, 4.69) is 15.4 Å². The predicted octanol–water partition coefficient (Wildman–Crippen LogP) is 3.88. The number of benzene rings is 3. The molecule has 0 bridgehead atoms. The fourth-order valence-corrected chi connectivity index (χ4v) is 4.59. The van der Waals surface area contributed by atoms with E-state index in [-0.39, 0.29) is 22.9 Å². The summed E-state index contributed by atoms with van der Waals surface area (Å²) in [5.41, 5.74) is 1.44. The van der Waals surface area contributed by atoms with Crippen molar-refractivity contribution in [3.8, 4) is 0 Å². The van der Waals surface area contributed by atoms with Gasteiger partial charge in [0.15, 0.2) is 0 Å². The molecule has 0 aliphatic rings. The summed E-state index contributed by atoms with van der Waals surface area (Å²) in [6, 6.07) is 18.9. The summed E-state index contributed by atoms with van der Waals surface area (Å²) in [6.07, 6.45) is 0.880. The molecule has 0 heterocycles. The Balaban J connectivity index is 1.75. The van der Waals surface area contributed by atoms with Gasteiger partial charge in [-0.3, -0.25) is 9.59 Å². The normalized spacial score (nSPS) is 13.0. The molecule has 35 heavy (non-hydrogen) atoms. The molecule has 3 N–H and O–H groups in total. The van der Waals surface area contributed by atoms with Crippen LogP contribution in [-0.2, 0) is 21.2 Å². The molecule has 3 rings (SSSR count). The summed E-state index contributed by atoms with van der Waals surface area (Å²) in [7, 11) is -3.67. The smallest absolute Gasteiger partial charge is 0.251 e. The number of hydrogen-bond acceptors (Lipinski definition) is 4. The largest absolute Gasteiger partial charge is 0.340 e. The topological polar surface area (TPSA) is 104 Å². The maximum Gasteiger partial charge on any atom is 0.251 e. The second-order valence-electron chi connectivity index (χ2n) is 8.17. The van der Waals surface area contributed by atoms with Gasteiger partial charge in [0.1, 0.15) is 11.9 Å². The SMILES string of the molecule is CC[C@@H](C)NS(=O)(=O)c1ccc(NC(=O)[C@H](Cc2ccccc2)NC(=O)c2ccc(F)cc2)cc1. The molecule has 7 nitrogen and oxygen atoms in total. The lowest BCUT2D eigenvalue weighted by Gasteiger charge is -2.19. The predicted molar refractivity (Wildman–Crippen MR) is 133 cm³/mol. The van der Waals surface area contributed by atoms with Gasteiger partial charge in [-0.25, -0.2) is 17.5 Å². The highest BCUT2D eigenvalue weighted by Gasteiger charge is 2.23. The summed E-state index contributed by atoms with van der Waals surface area (Å²) in [4.78, 5) is 25.9. The molecule has 9 heteroatoms. The van der Waals surface area contributed by atoms with E-state index in [0.29, 0.717) is 12.1 Å². The van der Waals surface area contributed by atoms with Crippen LogP contribution in [0.1, 0.15) is 36.2 Å². The van der Waals surface area contributed by atoms with E-state index in [4.69, 9.17) is 0 Å². The fourth-order valence-electron chi connectivity index (χ4n) is 3.26. The minimum Gasteiger partial charge on any atom is -0.340 e. The van der Waals surface area contributed by atoms with E-state index < -0.39 is 33.7 Å². The van der Waals surface area contributed by atoms with Crippen molar-refractivity contribution >= 4 is 27.5 Å². The Morgan fingerprint density at radius 2 is 1.54 bits per heavy atom. The third-order valence-corrected chi connectivity index (χ3v) is 7.02. The van der Waals surface area contributed by atoms with Crippen LogP contribution in [0, 0.1) is 5.82 Å². The van der Waals surface area contributed by atoms with Gasteiger partial charge in [0, 0.05) is 23.7 Å². The highest BCUT2D eigenvalue weighted by molar-refractivity contribution is 7.89. The zero-order valence-corrected chi connectivity index (χ0v) is 20.3. The minimum absolute atomic E-state index is 0.0845. The van der Waals surface area contributed by atoms with Crippen molar-refractivity contribution < 1.29 is 22.4 Å². The van der Waals surface area contributed by atoms with Crippen LogP contribution in [0.25, 0.3) is 0 Å². The van der Waals surface area contributed by atoms with Crippen LogP contribution in [0.2, 0.25) is 0 Å². The van der Waals surface area contributed by atoms with E-state index in [1.165, 1.54) is 48.5 Å². The molecule has 3 aromatic carbocycles. The maximum atomic E-state index is 13.2. The first kappa shape index (κ1) is 26.1. The van der Waals surface area contributed by atoms with Gasteiger partial charge in [0.05, 0.1) is 4.90 Å². The van der Waals surface area contributed by atoms with Crippen LogP contribution < -0.4 is 15.4 Å². The molecule has 0 spiro atoms. The lowest BCUT2D eigenvalue weighted by Crippen LogP contribution is -2.45. The number of anilines is 1. The average Bonchev–Trinajstić information content (AvgIpc) is 2.84. The Labute approximate surface area is 204 Å². The van der Waals surface area contributed by atoms with Gasteiger partial charge < -0.3 is 10.6 Å². The lowest BCUT2D eigenvalue weighted by molar-refractivity contribution is -0.118. The zero-order valence-electron chi connectivity index (χ0n) is 19.5. The van der Waals surface area contributed by atoms with Gasteiger partial charge in [-0.05, 0) is 67.4 Å². The number of halogens is 1. The van der Waals surface area contributed by atoms with Crippen molar-refractivity contribution in [3.63, 3.8) is 0 Å². The van der Waals surface area contributed by atoms with Crippen molar-refractivity contribution in [3.05, 3.63) is 95.8 Å². The number of carbonyl (C=O) groups is 2. The number of hydrogen-bond donors (Lipinski definition) is 3. The molecular formula is C26H28FN3O4S. The van der Waals surface area contributed by atoms with E-state index in [9.17, 15) is 22.4 Å². The van der Waals surface area contributed by atoms with Crippen molar-refractivity contribution in [1.82, 2.24) is 10.0 Å². The van der Waals surface area contributed by atoms with Gasteiger partial charge in [0.25, 0.3) is 5.91 Å². The molecule has 0 aromatic heterocycles. The Hall–Kier alpha value is -3.56. The quantitative estimate of drug-likeness (QED) is 0.395. The minimum atomic E-state index is -3.67. The molecule has 0 unspecified atom stereocenters. The maximum absolute atomic E-state index is 13.2. The van der Waals surface area contributed by atoms with Gasteiger partial charge in [0.2, 0.25) is 15.9 Å².